The Balaban J connectivity index is 3.33. The van der Waals surface area contributed by atoms with Gasteiger partial charge in [0.05, 0.1) is 10.6 Å². The summed E-state index contributed by atoms with van der Waals surface area (Å²) in [5.74, 6) is -1.04. The van der Waals surface area contributed by atoms with Gasteiger partial charge in [0.25, 0.3) is 0 Å². The molecule has 0 saturated heterocycles. The second kappa shape index (κ2) is 4.62. The molecular weight excluding hydrogens is 244 g/mol. The van der Waals surface area contributed by atoms with Gasteiger partial charge < -0.3 is 0 Å². The van der Waals surface area contributed by atoms with Crippen LogP contribution in [-0.4, -0.2) is 0 Å². The summed E-state index contributed by atoms with van der Waals surface area (Å²) < 4.78 is 51.3. The average molecular weight is 255 g/mol. The Labute approximate surface area is 96.2 Å². The van der Waals surface area contributed by atoms with E-state index in [0.717, 1.165) is 12.1 Å². The molecule has 0 aliphatic rings. The normalized spacial score (nSPS) is 12.2. The van der Waals surface area contributed by atoms with Gasteiger partial charge in [-0.05, 0) is 24.5 Å². The van der Waals surface area contributed by atoms with Crippen molar-refractivity contribution in [3.05, 3.63) is 34.1 Å². The third-order valence-corrected chi connectivity index (χ3v) is 2.41. The Kier molecular flexibility index (Phi) is 3.84. The highest BCUT2D eigenvalue weighted by atomic mass is 35.5. The lowest BCUT2D eigenvalue weighted by atomic mass is 9.97. The Bertz CT molecular complexity index is 382. The molecule has 5 heteroatoms. The fraction of sp³-hybridized carbons (Fsp3) is 0.455. The van der Waals surface area contributed by atoms with Gasteiger partial charge in [-0.2, -0.15) is 13.2 Å². The first kappa shape index (κ1) is 13.3. The van der Waals surface area contributed by atoms with Crippen molar-refractivity contribution in [3.63, 3.8) is 0 Å². The third kappa shape index (κ3) is 2.88. The molecule has 16 heavy (non-hydrogen) atoms. The van der Waals surface area contributed by atoms with Crippen LogP contribution < -0.4 is 0 Å². The molecule has 0 atom stereocenters. The average Bonchev–Trinajstić information content (AvgIpc) is 2.10. The lowest BCUT2D eigenvalue weighted by molar-refractivity contribution is -0.138. The van der Waals surface area contributed by atoms with Crippen LogP contribution in [0.25, 0.3) is 0 Å². The number of alkyl halides is 3. The molecule has 0 bridgehead atoms. The van der Waals surface area contributed by atoms with Gasteiger partial charge in [-0.1, -0.05) is 25.4 Å². The molecule has 1 aromatic carbocycles. The lowest BCUT2D eigenvalue weighted by Crippen LogP contribution is -2.12. The molecule has 90 valence electrons. The van der Waals surface area contributed by atoms with E-state index in [1.807, 2.05) is 0 Å². The summed E-state index contributed by atoms with van der Waals surface area (Å²) in [6.07, 6.45) is -4.53. The fourth-order valence-electron chi connectivity index (χ4n) is 1.47. The predicted octanol–water partition coefficient (Wildman–Crippen LogP) is 4.70. The number of benzene rings is 1. The highest BCUT2D eigenvalue weighted by molar-refractivity contribution is 6.30. The van der Waals surface area contributed by atoms with Crippen molar-refractivity contribution in [1.82, 2.24) is 0 Å². The van der Waals surface area contributed by atoms with Crippen molar-refractivity contribution in [2.75, 3.05) is 0 Å². The van der Waals surface area contributed by atoms with Gasteiger partial charge in [-0.15, -0.1) is 0 Å². The quantitative estimate of drug-likeness (QED) is 0.671. The molecule has 0 N–H and O–H groups in total. The van der Waals surface area contributed by atoms with Crippen LogP contribution in [0.15, 0.2) is 12.1 Å². The summed E-state index contributed by atoms with van der Waals surface area (Å²) >= 11 is 5.48. The number of halogens is 5. The first-order valence-corrected chi connectivity index (χ1v) is 5.15. The topological polar surface area (TPSA) is 0 Å². The molecule has 0 fully saturated rings. The maximum atomic E-state index is 13.5. The van der Waals surface area contributed by atoms with Gasteiger partial charge in [0.2, 0.25) is 0 Å². The number of hydrogen-bond donors (Lipinski definition) is 0. The maximum absolute atomic E-state index is 13.5. The minimum atomic E-state index is -4.55. The van der Waals surface area contributed by atoms with Crippen molar-refractivity contribution < 1.29 is 17.6 Å². The van der Waals surface area contributed by atoms with Gasteiger partial charge in [-0.25, -0.2) is 4.39 Å². The van der Waals surface area contributed by atoms with Gasteiger partial charge >= 0.3 is 6.18 Å². The summed E-state index contributed by atoms with van der Waals surface area (Å²) in [5, 5.41) is -0.274. The molecule has 0 nitrogen and oxygen atoms in total. The smallest absolute Gasteiger partial charge is 0.205 e. The second-order valence-corrected chi connectivity index (χ2v) is 4.39. The Morgan fingerprint density at radius 1 is 1.25 bits per heavy atom. The molecular formula is C11H11ClF4. The molecule has 0 saturated carbocycles. The molecule has 0 aliphatic carbocycles. The van der Waals surface area contributed by atoms with Gasteiger partial charge in [0, 0.05) is 5.56 Å². The molecule has 0 spiro atoms. The summed E-state index contributed by atoms with van der Waals surface area (Å²) in [6, 6.07) is 1.76. The fourth-order valence-corrected chi connectivity index (χ4v) is 1.64. The van der Waals surface area contributed by atoms with Crippen LogP contribution >= 0.6 is 11.6 Å². The Morgan fingerprint density at radius 2 is 1.81 bits per heavy atom. The van der Waals surface area contributed by atoms with Gasteiger partial charge in [0.1, 0.15) is 5.82 Å². The van der Waals surface area contributed by atoms with E-state index in [4.69, 9.17) is 11.6 Å². The lowest BCUT2D eigenvalue weighted by Gasteiger charge is -2.15. The monoisotopic (exact) mass is 254 g/mol. The summed E-state index contributed by atoms with van der Waals surface area (Å²) in [5.41, 5.74) is -1.29. The Morgan fingerprint density at radius 3 is 2.25 bits per heavy atom. The van der Waals surface area contributed by atoms with Crippen LogP contribution in [0.1, 0.15) is 25.0 Å². The first-order valence-electron chi connectivity index (χ1n) is 4.77. The van der Waals surface area contributed by atoms with Crippen molar-refractivity contribution in [3.8, 4) is 0 Å². The standard InChI is InChI=1S/C11H11ClF4/c1-6(2)5-7-8(11(14,15)16)3-4-9(12)10(7)13/h3-4,6H,5H2,1-2H3. The minimum Gasteiger partial charge on any atom is -0.205 e. The van der Waals surface area contributed by atoms with E-state index in [1.54, 1.807) is 13.8 Å². The van der Waals surface area contributed by atoms with Crippen LogP contribution in [0.3, 0.4) is 0 Å². The summed E-state index contributed by atoms with van der Waals surface area (Å²) in [6.45, 7) is 3.45. The highest BCUT2D eigenvalue weighted by Gasteiger charge is 2.35. The van der Waals surface area contributed by atoms with E-state index in [0.29, 0.717) is 0 Å². The maximum Gasteiger partial charge on any atom is 0.416 e. The van der Waals surface area contributed by atoms with Crippen LogP contribution in [0.5, 0.6) is 0 Å². The summed E-state index contributed by atoms with van der Waals surface area (Å²) in [4.78, 5) is 0. The van der Waals surface area contributed by atoms with Crippen molar-refractivity contribution in [1.29, 1.82) is 0 Å². The molecule has 1 aromatic rings. The van der Waals surface area contributed by atoms with Crippen molar-refractivity contribution in [2.45, 2.75) is 26.4 Å². The van der Waals surface area contributed by atoms with Crippen LogP contribution in [-0.2, 0) is 12.6 Å². The molecule has 0 unspecified atom stereocenters. The SMILES string of the molecule is CC(C)Cc1c(C(F)(F)F)ccc(Cl)c1F. The van der Waals surface area contributed by atoms with Crippen LogP contribution in [0.4, 0.5) is 17.6 Å². The zero-order chi connectivity index (χ0) is 12.5. The Hall–Kier alpha value is -0.770. The van der Waals surface area contributed by atoms with Crippen molar-refractivity contribution >= 4 is 11.6 Å². The molecule has 1 rings (SSSR count). The predicted molar refractivity (Wildman–Crippen MR) is 55.0 cm³/mol. The van der Waals surface area contributed by atoms with E-state index in [-0.39, 0.29) is 22.9 Å². The molecule has 0 heterocycles. The van der Waals surface area contributed by atoms with E-state index in [1.165, 1.54) is 0 Å². The van der Waals surface area contributed by atoms with Crippen LogP contribution in [0.2, 0.25) is 5.02 Å². The zero-order valence-electron chi connectivity index (χ0n) is 8.83. The third-order valence-electron chi connectivity index (χ3n) is 2.11. The first-order chi connectivity index (χ1) is 7.23. The van der Waals surface area contributed by atoms with E-state index in [2.05, 4.69) is 0 Å². The highest BCUT2D eigenvalue weighted by Crippen LogP contribution is 2.36. The zero-order valence-corrected chi connectivity index (χ0v) is 9.58. The van der Waals surface area contributed by atoms with Gasteiger partial charge in [0.15, 0.2) is 0 Å². The molecule has 0 amide bonds. The molecule has 0 radical (unpaired) electrons. The summed E-state index contributed by atoms with van der Waals surface area (Å²) in [7, 11) is 0. The van der Waals surface area contributed by atoms with Gasteiger partial charge in [-0.3, -0.25) is 0 Å². The number of hydrogen-bond acceptors (Lipinski definition) is 0. The van der Waals surface area contributed by atoms with E-state index in [9.17, 15) is 17.6 Å². The molecule has 0 aromatic heterocycles. The minimum absolute atomic E-state index is 0.0151. The van der Waals surface area contributed by atoms with E-state index >= 15 is 0 Å². The van der Waals surface area contributed by atoms with Crippen LogP contribution in [0, 0.1) is 11.7 Å². The van der Waals surface area contributed by atoms with Crippen molar-refractivity contribution in [2.24, 2.45) is 5.92 Å². The van der Waals surface area contributed by atoms with E-state index < -0.39 is 17.6 Å². The largest absolute Gasteiger partial charge is 0.416 e. The second-order valence-electron chi connectivity index (χ2n) is 3.98. The number of rotatable bonds is 2. The molecule has 0 aliphatic heterocycles.